The van der Waals surface area contributed by atoms with E-state index in [1.54, 1.807) is 22.6 Å². The molecule has 1 saturated heterocycles. The molecule has 3 N–H and O–H groups in total. The van der Waals surface area contributed by atoms with Crippen LogP contribution >= 0.6 is 0 Å². The minimum atomic E-state index is 1.33. The SMILES string of the molecule is [B]1N[B]N[B]N1.c1cc2cccc3c4cccc5cccc(c(c1)c23)c54. The fourth-order valence-electron chi connectivity index (χ4n) is 3.85. The van der Waals surface area contributed by atoms with Crippen LogP contribution in [0.2, 0.25) is 0 Å². The summed E-state index contributed by atoms with van der Waals surface area (Å²) in [4.78, 5) is 0. The van der Waals surface area contributed by atoms with E-state index in [0.29, 0.717) is 0 Å². The van der Waals surface area contributed by atoms with Gasteiger partial charge in [-0.1, -0.05) is 72.8 Å². The molecule has 5 aromatic rings. The Morgan fingerprint density at radius 3 is 1.00 bits per heavy atom. The van der Waals surface area contributed by atoms with Gasteiger partial charge in [0.1, 0.15) is 0 Å². The molecule has 0 saturated carbocycles. The Morgan fingerprint density at radius 1 is 0.423 bits per heavy atom. The lowest BCUT2D eigenvalue weighted by molar-refractivity contribution is 1.28. The van der Waals surface area contributed by atoms with Crippen LogP contribution in [0.5, 0.6) is 0 Å². The van der Waals surface area contributed by atoms with Crippen LogP contribution in [0, 0.1) is 0 Å². The highest BCUT2D eigenvalue weighted by molar-refractivity contribution is 6.65. The molecular formula is C20H15B3N3. The molecule has 3 nitrogen and oxygen atoms in total. The summed E-state index contributed by atoms with van der Waals surface area (Å²) in [7, 11) is 5.16. The summed E-state index contributed by atoms with van der Waals surface area (Å²) >= 11 is 0. The zero-order valence-electron chi connectivity index (χ0n) is 14.2. The molecular weight excluding hydrogens is 315 g/mol. The molecule has 6 rings (SSSR count). The largest absolute Gasteiger partial charge is 0.379 e. The topological polar surface area (TPSA) is 36.1 Å². The number of hydrogen-bond donors (Lipinski definition) is 3. The Kier molecular flexibility index (Phi) is 4.02. The number of fused-ring (bicyclic) bond motifs is 2. The molecule has 0 aromatic heterocycles. The van der Waals surface area contributed by atoms with E-state index in [4.69, 9.17) is 0 Å². The van der Waals surface area contributed by atoms with Gasteiger partial charge in [-0.2, -0.15) is 0 Å². The van der Waals surface area contributed by atoms with Crippen LogP contribution in [0.3, 0.4) is 0 Å². The molecule has 26 heavy (non-hydrogen) atoms. The lowest BCUT2D eigenvalue weighted by Gasteiger charge is -2.13. The number of hydrogen-bond acceptors (Lipinski definition) is 3. The van der Waals surface area contributed by atoms with E-state index in [-0.39, 0.29) is 0 Å². The van der Waals surface area contributed by atoms with Crippen LogP contribution in [0.4, 0.5) is 0 Å². The molecule has 0 spiro atoms. The second-order valence-electron chi connectivity index (χ2n) is 6.35. The fraction of sp³-hybridized carbons (Fsp3) is 0. The van der Waals surface area contributed by atoms with Gasteiger partial charge in [0.25, 0.3) is 22.6 Å². The van der Waals surface area contributed by atoms with Crippen LogP contribution < -0.4 is 15.4 Å². The molecule has 1 aliphatic heterocycles. The molecule has 3 radical (unpaired) electrons. The normalized spacial score (nSPS) is 13.8. The van der Waals surface area contributed by atoms with Crippen LogP contribution in [-0.4, -0.2) is 22.6 Å². The average Bonchev–Trinajstić information content (AvgIpc) is 2.73. The summed E-state index contributed by atoms with van der Waals surface area (Å²) in [5.74, 6) is 0. The quantitative estimate of drug-likeness (QED) is 0.232. The predicted molar refractivity (Wildman–Crippen MR) is 114 cm³/mol. The Labute approximate surface area is 154 Å². The average molecular weight is 330 g/mol. The summed E-state index contributed by atoms with van der Waals surface area (Å²) in [5.41, 5.74) is 0. The Bertz CT molecular complexity index is 1020. The smallest absolute Gasteiger partial charge is 0.284 e. The van der Waals surface area contributed by atoms with Gasteiger partial charge in [0.15, 0.2) is 0 Å². The second kappa shape index (κ2) is 6.65. The van der Waals surface area contributed by atoms with E-state index >= 15 is 0 Å². The van der Waals surface area contributed by atoms with Crippen molar-refractivity contribution in [1.29, 1.82) is 0 Å². The highest BCUT2D eigenvalue weighted by atomic mass is 15.0. The van der Waals surface area contributed by atoms with Gasteiger partial charge >= 0.3 is 0 Å². The van der Waals surface area contributed by atoms with Gasteiger partial charge < -0.3 is 15.4 Å². The maximum atomic E-state index is 2.78. The highest BCUT2D eigenvalue weighted by Crippen LogP contribution is 2.39. The predicted octanol–water partition coefficient (Wildman–Crippen LogP) is 3.11. The second-order valence-corrected chi connectivity index (χ2v) is 6.35. The van der Waals surface area contributed by atoms with Crippen molar-refractivity contribution in [2.75, 3.05) is 0 Å². The monoisotopic (exact) mass is 330 g/mol. The molecule has 0 unspecified atom stereocenters. The van der Waals surface area contributed by atoms with Gasteiger partial charge in [0.05, 0.1) is 0 Å². The molecule has 0 aliphatic carbocycles. The molecule has 1 fully saturated rings. The summed E-state index contributed by atoms with van der Waals surface area (Å²) < 4.78 is 0. The van der Waals surface area contributed by atoms with Gasteiger partial charge in [-0.15, -0.1) is 0 Å². The van der Waals surface area contributed by atoms with E-state index in [0.717, 1.165) is 0 Å². The number of nitrogens with one attached hydrogen (secondary N) is 3. The van der Waals surface area contributed by atoms with Crippen molar-refractivity contribution in [3.8, 4) is 0 Å². The van der Waals surface area contributed by atoms with E-state index < -0.39 is 0 Å². The first-order chi connectivity index (χ1) is 12.9. The lowest BCUT2D eigenvalue weighted by atomic mass is 9.85. The van der Waals surface area contributed by atoms with Gasteiger partial charge in [-0.25, -0.2) is 0 Å². The molecule has 0 atom stereocenters. The summed E-state index contributed by atoms with van der Waals surface area (Å²) in [6.45, 7) is 0. The van der Waals surface area contributed by atoms with Gasteiger partial charge in [-0.3, -0.25) is 0 Å². The first kappa shape index (κ1) is 15.7. The minimum Gasteiger partial charge on any atom is -0.379 e. The van der Waals surface area contributed by atoms with E-state index in [1.165, 1.54) is 43.1 Å². The summed E-state index contributed by atoms with van der Waals surface area (Å²) in [6.07, 6.45) is 0. The van der Waals surface area contributed by atoms with Gasteiger partial charge in [0, 0.05) is 0 Å². The summed E-state index contributed by atoms with van der Waals surface area (Å²) in [6, 6.07) is 26.4. The molecule has 119 valence electrons. The Morgan fingerprint density at radius 2 is 0.731 bits per heavy atom. The standard InChI is InChI=1S/C20H12.B3H3N3/c1-5-13-6-2-11-17-18-12-4-8-14-7-3-10-16(20(14)18)15(9-1)19(13)17;1-4-2-6-3-5-1/h1-12H;4-6H. The van der Waals surface area contributed by atoms with Gasteiger partial charge in [0.2, 0.25) is 0 Å². The van der Waals surface area contributed by atoms with Crippen molar-refractivity contribution in [3.05, 3.63) is 72.8 Å². The van der Waals surface area contributed by atoms with Crippen molar-refractivity contribution >= 4 is 65.7 Å². The first-order valence-electron chi connectivity index (χ1n) is 8.71. The lowest BCUT2D eigenvalue weighted by Crippen LogP contribution is -2.55. The summed E-state index contributed by atoms with van der Waals surface area (Å²) in [5, 5.41) is 19.2. The molecule has 5 aromatic carbocycles. The molecule has 6 heteroatoms. The van der Waals surface area contributed by atoms with E-state index in [9.17, 15) is 0 Å². The molecule has 1 aliphatic rings. The van der Waals surface area contributed by atoms with E-state index in [2.05, 4.69) is 88.2 Å². The first-order valence-corrected chi connectivity index (χ1v) is 8.71. The highest BCUT2D eigenvalue weighted by Gasteiger charge is 2.11. The van der Waals surface area contributed by atoms with Gasteiger partial charge in [-0.05, 0) is 43.1 Å². The fourth-order valence-corrected chi connectivity index (χ4v) is 3.85. The molecule has 0 bridgehead atoms. The molecule has 0 amide bonds. The third-order valence-corrected chi connectivity index (χ3v) is 4.89. The van der Waals surface area contributed by atoms with E-state index in [1.807, 2.05) is 0 Å². The maximum absolute atomic E-state index is 2.78. The van der Waals surface area contributed by atoms with Crippen LogP contribution in [0.15, 0.2) is 72.8 Å². The minimum absolute atomic E-state index is 1.33. The van der Waals surface area contributed by atoms with Crippen molar-refractivity contribution in [1.82, 2.24) is 15.4 Å². The maximum Gasteiger partial charge on any atom is 0.284 e. The third-order valence-electron chi connectivity index (χ3n) is 4.89. The number of rotatable bonds is 0. The van der Waals surface area contributed by atoms with Crippen LogP contribution in [-0.2, 0) is 0 Å². The van der Waals surface area contributed by atoms with Crippen molar-refractivity contribution < 1.29 is 0 Å². The third kappa shape index (κ3) is 2.55. The van der Waals surface area contributed by atoms with Crippen LogP contribution in [0.25, 0.3) is 43.1 Å². The Balaban J connectivity index is 0.000000215. The zero-order chi connectivity index (χ0) is 17.3. The van der Waals surface area contributed by atoms with Crippen molar-refractivity contribution in [2.45, 2.75) is 0 Å². The zero-order valence-corrected chi connectivity index (χ0v) is 14.2. The van der Waals surface area contributed by atoms with Crippen molar-refractivity contribution in [3.63, 3.8) is 0 Å². The van der Waals surface area contributed by atoms with Crippen molar-refractivity contribution in [2.24, 2.45) is 0 Å². The molecule has 1 heterocycles. The number of benzene rings is 5. The van der Waals surface area contributed by atoms with Crippen LogP contribution in [0.1, 0.15) is 0 Å². The Hall–Kier alpha value is -2.53.